The van der Waals surface area contributed by atoms with Crippen LogP contribution in [0.4, 0.5) is 10.1 Å². The zero-order valence-corrected chi connectivity index (χ0v) is 16.1. The number of para-hydroxylation sites is 2. The van der Waals surface area contributed by atoms with Gasteiger partial charge in [-0.3, -0.25) is 9.59 Å². The lowest BCUT2D eigenvalue weighted by atomic mass is 10.0. The van der Waals surface area contributed by atoms with E-state index in [4.69, 9.17) is 10.5 Å². The maximum atomic E-state index is 13.6. The molecule has 1 saturated heterocycles. The number of carbonyl (C=O) groups excluding carboxylic acids is 2. The first-order chi connectivity index (χ1) is 13.0. The van der Waals surface area contributed by atoms with E-state index in [1.165, 1.54) is 18.2 Å². The number of carbonyl (C=O) groups is 2. The Morgan fingerprint density at radius 2 is 1.89 bits per heavy atom. The van der Waals surface area contributed by atoms with Gasteiger partial charge in [0.25, 0.3) is 11.8 Å². The first-order valence-corrected chi connectivity index (χ1v) is 8.85. The third-order valence-electron chi connectivity index (χ3n) is 4.37. The highest BCUT2D eigenvalue weighted by molar-refractivity contribution is 5.97. The summed E-state index contributed by atoms with van der Waals surface area (Å²) < 4.78 is 19.1. The van der Waals surface area contributed by atoms with Crippen molar-refractivity contribution in [3.05, 3.63) is 59.9 Å². The highest BCUT2D eigenvalue weighted by Gasteiger charge is 2.24. The van der Waals surface area contributed by atoms with E-state index in [1.54, 1.807) is 35.2 Å². The van der Waals surface area contributed by atoms with Crippen molar-refractivity contribution in [2.75, 3.05) is 25.0 Å². The fraction of sp³-hybridized carbons (Fsp3) is 0.300. The molecular formula is C20H23ClFN3O3. The van der Waals surface area contributed by atoms with E-state index < -0.39 is 11.7 Å². The normalized spacial score (nSPS) is 16.1. The van der Waals surface area contributed by atoms with Crippen LogP contribution in [-0.4, -0.2) is 42.5 Å². The van der Waals surface area contributed by atoms with Crippen LogP contribution in [-0.2, 0) is 4.79 Å². The van der Waals surface area contributed by atoms with Crippen molar-refractivity contribution in [3.63, 3.8) is 0 Å². The van der Waals surface area contributed by atoms with E-state index in [2.05, 4.69) is 5.32 Å². The molecule has 2 amide bonds. The molecule has 0 aromatic heterocycles. The maximum absolute atomic E-state index is 13.6. The van der Waals surface area contributed by atoms with Crippen LogP contribution >= 0.6 is 12.4 Å². The fourth-order valence-corrected chi connectivity index (χ4v) is 3.03. The molecule has 28 heavy (non-hydrogen) atoms. The summed E-state index contributed by atoms with van der Waals surface area (Å²) in [6.07, 6.45) is 1.76. The number of benzene rings is 2. The zero-order chi connectivity index (χ0) is 19.2. The highest BCUT2D eigenvalue weighted by Crippen LogP contribution is 2.22. The lowest BCUT2D eigenvalue weighted by molar-refractivity contribution is -0.118. The second kappa shape index (κ2) is 10.1. The summed E-state index contributed by atoms with van der Waals surface area (Å²) in [5, 5.41) is 2.45. The van der Waals surface area contributed by atoms with Crippen LogP contribution < -0.4 is 15.8 Å². The largest absolute Gasteiger partial charge is 0.483 e. The molecule has 1 aliphatic rings. The average Bonchev–Trinajstić information content (AvgIpc) is 2.68. The van der Waals surface area contributed by atoms with Crippen molar-refractivity contribution in [2.45, 2.75) is 18.9 Å². The zero-order valence-electron chi connectivity index (χ0n) is 15.3. The SMILES string of the molecule is Cl.NC1CCCN(C(=O)c2ccccc2OCC(=O)Nc2ccccc2F)C1. The molecule has 0 bridgehead atoms. The lowest BCUT2D eigenvalue weighted by Gasteiger charge is -2.31. The standard InChI is InChI=1S/C20H22FN3O3.ClH/c21-16-8-2-3-9-17(16)23-19(25)13-27-18-10-4-1-7-15(18)20(26)24-11-5-6-14(22)12-24;/h1-4,7-10,14H,5-6,11-13,22H2,(H,23,25);1H. The van der Waals surface area contributed by atoms with E-state index in [0.717, 1.165) is 12.8 Å². The molecule has 1 atom stereocenters. The number of hydrogen-bond donors (Lipinski definition) is 2. The number of ether oxygens (including phenoxy) is 1. The minimum atomic E-state index is -0.525. The molecule has 6 nitrogen and oxygen atoms in total. The van der Waals surface area contributed by atoms with Crippen LogP contribution in [0.2, 0.25) is 0 Å². The smallest absolute Gasteiger partial charge is 0.262 e. The van der Waals surface area contributed by atoms with Gasteiger partial charge in [-0.15, -0.1) is 12.4 Å². The van der Waals surface area contributed by atoms with Gasteiger partial charge in [0.15, 0.2) is 6.61 Å². The Morgan fingerprint density at radius 3 is 2.64 bits per heavy atom. The van der Waals surface area contributed by atoms with E-state index in [1.807, 2.05) is 0 Å². The van der Waals surface area contributed by atoms with Gasteiger partial charge >= 0.3 is 0 Å². The number of nitrogens with two attached hydrogens (primary N) is 1. The molecule has 8 heteroatoms. The molecule has 1 unspecified atom stereocenters. The first kappa shape index (κ1) is 21.7. The van der Waals surface area contributed by atoms with Gasteiger partial charge in [0, 0.05) is 19.1 Å². The van der Waals surface area contributed by atoms with Crippen molar-refractivity contribution < 1.29 is 18.7 Å². The topological polar surface area (TPSA) is 84.7 Å². The van der Waals surface area contributed by atoms with Gasteiger partial charge in [0.2, 0.25) is 0 Å². The maximum Gasteiger partial charge on any atom is 0.262 e. The predicted molar refractivity (Wildman–Crippen MR) is 107 cm³/mol. The summed E-state index contributed by atoms with van der Waals surface area (Å²) in [4.78, 5) is 26.5. The van der Waals surface area contributed by atoms with Crippen LogP contribution in [0.5, 0.6) is 5.75 Å². The van der Waals surface area contributed by atoms with E-state index in [9.17, 15) is 14.0 Å². The summed E-state index contributed by atoms with van der Waals surface area (Å²) in [6.45, 7) is 0.813. The number of nitrogens with zero attached hydrogens (tertiary/aromatic N) is 1. The molecule has 3 N–H and O–H groups in total. The Labute approximate surface area is 169 Å². The number of likely N-dealkylation sites (tertiary alicyclic amines) is 1. The van der Waals surface area contributed by atoms with E-state index in [0.29, 0.717) is 24.4 Å². The van der Waals surface area contributed by atoms with Crippen molar-refractivity contribution in [2.24, 2.45) is 5.73 Å². The number of amides is 2. The molecule has 0 radical (unpaired) electrons. The third-order valence-corrected chi connectivity index (χ3v) is 4.37. The molecule has 2 aromatic carbocycles. The number of piperidine rings is 1. The van der Waals surface area contributed by atoms with Gasteiger partial charge in [-0.2, -0.15) is 0 Å². The Bertz CT molecular complexity index is 834. The molecular weight excluding hydrogens is 385 g/mol. The van der Waals surface area contributed by atoms with Crippen molar-refractivity contribution in [1.29, 1.82) is 0 Å². The number of nitrogens with one attached hydrogen (secondary N) is 1. The van der Waals surface area contributed by atoms with Gasteiger partial charge in [0.1, 0.15) is 11.6 Å². The van der Waals surface area contributed by atoms with Gasteiger partial charge in [-0.05, 0) is 37.1 Å². The summed E-state index contributed by atoms with van der Waals surface area (Å²) in [5.74, 6) is -0.897. The van der Waals surface area contributed by atoms with E-state index >= 15 is 0 Å². The monoisotopic (exact) mass is 407 g/mol. The van der Waals surface area contributed by atoms with Gasteiger partial charge in [-0.25, -0.2) is 4.39 Å². The first-order valence-electron chi connectivity index (χ1n) is 8.85. The van der Waals surface area contributed by atoms with Crippen LogP contribution in [0.15, 0.2) is 48.5 Å². The second-order valence-electron chi connectivity index (χ2n) is 6.47. The Hall–Kier alpha value is -2.64. The number of anilines is 1. The van der Waals surface area contributed by atoms with Gasteiger partial charge in [-0.1, -0.05) is 24.3 Å². The summed E-state index contributed by atoms with van der Waals surface area (Å²) >= 11 is 0. The average molecular weight is 408 g/mol. The van der Waals surface area contributed by atoms with Crippen LogP contribution in [0, 0.1) is 5.82 Å². The molecule has 2 aromatic rings. The van der Waals surface area contributed by atoms with Crippen molar-refractivity contribution >= 4 is 29.9 Å². The molecule has 1 aliphatic heterocycles. The quantitative estimate of drug-likeness (QED) is 0.798. The minimum Gasteiger partial charge on any atom is -0.483 e. The summed E-state index contributed by atoms with van der Waals surface area (Å²) in [5.41, 5.74) is 6.42. The molecule has 1 fully saturated rings. The second-order valence-corrected chi connectivity index (χ2v) is 6.47. The Kier molecular flexibility index (Phi) is 7.78. The Balaban J connectivity index is 0.00000280. The summed E-state index contributed by atoms with van der Waals surface area (Å²) in [7, 11) is 0. The molecule has 150 valence electrons. The fourth-order valence-electron chi connectivity index (χ4n) is 3.03. The number of hydrogen-bond acceptors (Lipinski definition) is 4. The molecule has 0 aliphatic carbocycles. The number of rotatable bonds is 5. The van der Waals surface area contributed by atoms with Crippen LogP contribution in [0.3, 0.4) is 0 Å². The minimum absolute atomic E-state index is 0. The highest BCUT2D eigenvalue weighted by atomic mass is 35.5. The molecule has 0 saturated carbocycles. The van der Waals surface area contributed by atoms with Gasteiger partial charge in [0.05, 0.1) is 11.3 Å². The van der Waals surface area contributed by atoms with Crippen LogP contribution in [0.25, 0.3) is 0 Å². The van der Waals surface area contributed by atoms with E-state index in [-0.39, 0.29) is 36.7 Å². The van der Waals surface area contributed by atoms with Crippen LogP contribution in [0.1, 0.15) is 23.2 Å². The third kappa shape index (κ3) is 5.43. The molecule has 1 heterocycles. The molecule has 0 spiro atoms. The van der Waals surface area contributed by atoms with Crippen molar-refractivity contribution in [1.82, 2.24) is 4.90 Å². The van der Waals surface area contributed by atoms with Crippen molar-refractivity contribution in [3.8, 4) is 5.75 Å². The summed E-state index contributed by atoms with van der Waals surface area (Å²) in [6, 6.07) is 12.6. The molecule has 3 rings (SSSR count). The van der Waals surface area contributed by atoms with Gasteiger partial charge < -0.3 is 20.7 Å². The number of halogens is 2. The predicted octanol–water partition coefficient (Wildman–Crippen LogP) is 2.83. The Morgan fingerprint density at radius 1 is 1.18 bits per heavy atom. The lowest BCUT2D eigenvalue weighted by Crippen LogP contribution is -2.45.